The van der Waals surface area contributed by atoms with E-state index in [9.17, 15) is 4.79 Å². The summed E-state index contributed by atoms with van der Waals surface area (Å²) in [5.41, 5.74) is 4.40. The number of nitrogens with one attached hydrogen (secondary N) is 1. The lowest BCUT2D eigenvalue weighted by molar-refractivity contribution is -0.128. The van der Waals surface area contributed by atoms with Crippen molar-refractivity contribution < 1.29 is 9.53 Å². The molecule has 7 nitrogen and oxygen atoms in total. The SMILES string of the molecule is O=C1CCCN1Cc1ccc(Nc2nc(CN3CCOCC3)nc3scc(-c4ccccc4)c23)cc1. The summed E-state index contributed by atoms with van der Waals surface area (Å²) in [4.78, 5) is 27.2. The van der Waals surface area contributed by atoms with Crippen LogP contribution in [0, 0.1) is 0 Å². The van der Waals surface area contributed by atoms with Gasteiger partial charge in [0.2, 0.25) is 5.91 Å². The van der Waals surface area contributed by atoms with E-state index in [1.807, 2.05) is 11.0 Å². The molecule has 0 bridgehead atoms. The van der Waals surface area contributed by atoms with E-state index in [2.05, 4.69) is 64.1 Å². The van der Waals surface area contributed by atoms with Gasteiger partial charge in [-0.2, -0.15) is 0 Å². The summed E-state index contributed by atoms with van der Waals surface area (Å²) in [5.74, 6) is 1.89. The highest BCUT2D eigenvalue weighted by Gasteiger charge is 2.21. The van der Waals surface area contributed by atoms with E-state index in [1.165, 1.54) is 0 Å². The molecule has 4 aromatic rings. The van der Waals surface area contributed by atoms with Crippen molar-refractivity contribution in [2.24, 2.45) is 0 Å². The highest BCUT2D eigenvalue weighted by Crippen LogP contribution is 2.38. The zero-order chi connectivity index (χ0) is 24.3. The molecule has 4 heterocycles. The number of nitrogens with zero attached hydrogens (tertiary/aromatic N) is 4. The van der Waals surface area contributed by atoms with Crippen molar-refractivity contribution in [1.29, 1.82) is 0 Å². The highest BCUT2D eigenvalue weighted by atomic mass is 32.1. The molecule has 184 valence electrons. The summed E-state index contributed by atoms with van der Waals surface area (Å²) in [6.45, 7) is 5.51. The number of amides is 1. The van der Waals surface area contributed by atoms with Gasteiger partial charge in [0.05, 0.1) is 25.1 Å². The fourth-order valence-electron chi connectivity index (χ4n) is 4.86. The minimum Gasteiger partial charge on any atom is -0.379 e. The van der Waals surface area contributed by atoms with Crippen molar-refractivity contribution in [1.82, 2.24) is 19.8 Å². The molecule has 0 aliphatic carbocycles. The number of carbonyl (C=O) groups excluding carboxylic acids is 1. The van der Waals surface area contributed by atoms with Crippen LogP contribution in [0.3, 0.4) is 0 Å². The van der Waals surface area contributed by atoms with Gasteiger partial charge >= 0.3 is 0 Å². The molecule has 2 aliphatic heterocycles. The molecule has 2 aromatic carbocycles. The predicted octanol–water partition coefficient (Wildman–Crippen LogP) is 5.06. The van der Waals surface area contributed by atoms with Gasteiger partial charge in [-0.15, -0.1) is 11.3 Å². The molecule has 0 spiro atoms. The van der Waals surface area contributed by atoms with E-state index in [4.69, 9.17) is 14.7 Å². The number of fused-ring (bicyclic) bond motifs is 1. The number of rotatable bonds is 7. The number of hydrogen-bond donors (Lipinski definition) is 1. The van der Waals surface area contributed by atoms with Crippen molar-refractivity contribution in [2.75, 3.05) is 38.2 Å². The third-order valence-electron chi connectivity index (χ3n) is 6.79. The number of aromatic nitrogens is 2. The van der Waals surface area contributed by atoms with E-state index in [-0.39, 0.29) is 5.91 Å². The van der Waals surface area contributed by atoms with Crippen molar-refractivity contribution in [3.05, 3.63) is 71.4 Å². The van der Waals surface area contributed by atoms with Gasteiger partial charge in [0, 0.05) is 49.2 Å². The number of carbonyl (C=O) groups is 1. The Kier molecular flexibility index (Phi) is 6.63. The van der Waals surface area contributed by atoms with Crippen molar-refractivity contribution in [3.63, 3.8) is 0 Å². The summed E-state index contributed by atoms with van der Waals surface area (Å²) >= 11 is 1.66. The number of morpholine rings is 1. The number of thiophene rings is 1. The van der Waals surface area contributed by atoms with Crippen LogP contribution < -0.4 is 5.32 Å². The fraction of sp³-hybridized carbons (Fsp3) is 0.321. The molecule has 36 heavy (non-hydrogen) atoms. The van der Waals surface area contributed by atoms with Crippen LogP contribution in [0.2, 0.25) is 0 Å². The van der Waals surface area contributed by atoms with E-state index in [1.54, 1.807) is 11.3 Å². The Labute approximate surface area is 214 Å². The first-order valence-corrected chi connectivity index (χ1v) is 13.4. The number of likely N-dealkylation sites (tertiary alicyclic amines) is 1. The standard InChI is InChI=1S/C28H29N5O2S/c34-25-7-4-12-33(25)17-20-8-10-22(11-9-20)29-27-26-23(21-5-2-1-3-6-21)19-36-28(26)31-24(30-27)18-32-13-15-35-16-14-32/h1-3,5-6,8-11,19H,4,7,12-18H2,(H,29,30,31). The molecule has 1 amide bonds. The fourth-order valence-corrected chi connectivity index (χ4v) is 5.82. The van der Waals surface area contributed by atoms with Gasteiger partial charge in [-0.05, 0) is 29.7 Å². The van der Waals surface area contributed by atoms with E-state index >= 15 is 0 Å². The Morgan fingerprint density at radius 1 is 0.944 bits per heavy atom. The zero-order valence-corrected chi connectivity index (χ0v) is 21.0. The largest absolute Gasteiger partial charge is 0.379 e. The zero-order valence-electron chi connectivity index (χ0n) is 20.2. The van der Waals surface area contributed by atoms with Gasteiger partial charge in [0.1, 0.15) is 16.5 Å². The molecule has 0 radical (unpaired) electrons. The topological polar surface area (TPSA) is 70.6 Å². The molecular formula is C28H29N5O2S. The lowest BCUT2D eigenvalue weighted by Gasteiger charge is -2.25. The quantitative estimate of drug-likeness (QED) is 0.383. The predicted molar refractivity (Wildman–Crippen MR) is 143 cm³/mol. The molecule has 8 heteroatoms. The van der Waals surface area contributed by atoms with Crippen LogP contribution in [0.5, 0.6) is 0 Å². The molecule has 6 rings (SSSR count). The van der Waals surface area contributed by atoms with Gasteiger partial charge in [-0.1, -0.05) is 42.5 Å². The third-order valence-corrected chi connectivity index (χ3v) is 7.67. The molecular weight excluding hydrogens is 470 g/mol. The second-order valence-corrected chi connectivity index (χ2v) is 10.2. The molecule has 0 atom stereocenters. The Morgan fingerprint density at radius 2 is 1.75 bits per heavy atom. The van der Waals surface area contributed by atoms with Crippen molar-refractivity contribution >= 4 is 39.0 Å². The van der Waals surface area contributed by atoms with Gasteiger partial charge in [0.15, 0.2) is 0 Å². The first-order valence-electron chi connectivity index (χ1n) is 12.5. The normalized spacial score (nSPS) is 16.7. The van der Waals surface area contributed by atoms with Gasteiger partial charge in [0.25, 0.3) is 0 Å². The summed E-state index contributed by atoms with van der Waals surface area (Å²) in [6, 6.07) is 18.7. The minimum absolute atomic E-state index is 0.249. The summed E-state index contributed by atoms with van der Waals surface area (Å²) in [6.07, 6.45) is 1.62. The lowest BCUT2D eigenvalue weighted by atomic mass is 10.1. The van der Waals surface area contributed by atoms with Crippen LogP contribution in [-0.4, -0.2) is 58.5 Å². The number of benzene rings is 2. The maximum Gasteiger partial charge on any atom is 0.222 e. The first kappa shape index (κ1) is 23.1. The molecule has 2 fully saturated rings. The molecule has 0 unspecified atom stereocenters. The second-order valence-electron chi connectivity index (χ2n) is 9.31. The first-order chi connectivity index (χ1) is 17.7. The van der Waals surface area contributed by atoms with Gasteiger partial charge in [-0.3, -0.25) is 9.69 Å². The second kappa shape index (κ2) is 10.3. The number of hydrogen-bond acceptors (Lipinski definition) is 7. The van der Waals surface area contributed by atoms with Crippen molar-refractivity contribution in [3.8, 4) is 11.1 Å². The van der Waals surface area contributed by atoms with E-state index in [0.29, 0.717) is 19.5 Å². The van der Waals surface area contributed by atoms with Crippen LogP contribution in [0.15, 0.2) is 60.0 Å². The Morgan fingerprint density at radius 3 is 2.50 bits per heavy atom. The Hall–Kier alpha value is -3.33. The summed E-state index contributed by atoms with van der Waals surface area (Å²) in [7, 11) is 0. The Bertz CT molecular complexity index is 1350. The third kappa shape index (κ3) is 4.97. The van der Waals surface area contributed by atoms with E-state index < -0.39 is 0 Å². The number of anilines is 2. The monoisotopic (exact) mass is 499 g/mol. The lowest BCUT2D eigenvalue weighted by Crippen LogP contribution is -2.36. The average Bonchev–Trinajstić information content (AvgIpc) is 3.52. The molecule has 0 saturated carbocycles. The van der Waals surface area contributed by atoms with Crippen LogP contribution in [0.4, 0.5) is 11.5 Å². The van der Waals surface area contributed by atoms with Crippen LogP contribution >= 0.6 is 11.3 Å². The molecule has 1 N–H and O–H groups in total. The van der Waals surface area contributed by atoms with Crippen LogP contribution in [0.1, 0.15) is 24.2 Å². The molecule has 2 saturated heterocycles. The number of ether oxygens (including phenoxy) is 1. The van der Waals surface area contributed by atoms with E-state index in [0.717, 1.165) is 83.5 Å². The van der Waals surface area contributed by atoms with Gasteiger partial charge in [-0.25, -0.2) is 9.97 Å². The molecule has 2 aromatic heterocycles. The van der Waals surface area contributed by atoms with Crippen LogP contribution in [0.25, 0.3) is 21.3 Å². The minimum atomic E-state index is 0.249. The smallest absolute Gasteiger partial charge is 0.222 e. The summed E-state index contributed by atoms with van der Waals surface area (Å²) in [5, 5.41) is 6.80. The van der Waals surface area contributed by atoms with Gasteiger partial charge < -0.3 is 15.0 Å². The Balaban J connectivity index is 1.31. The summed E-state index contributed by atoms with van der Waals surface area (Å²) < 4.78 is 5.51. The maximum absolute atomic E-state index is 12.0. The maximum atomic E-state index is 12.0. The highest BCUT2D eigenvalue weighted by molar-refractivity contribution is 7.17. The van der Waals surface area contributed by atoms with Crippen molar-refractivity contribution in [2.45, 2.75) is 25.9 Å². The average molecular weight is 500 g/mol. The van der Waals surface area contributed by atoms with Crippen LogP contribution in [-0.2, 0) is 22.6 Å². The molecule has 2 aliphatic rings.